The summed E-state index contributed by atoms with van der Waals surface area (Å²) >= 11 is 0. The van der Waals surface area contributed by atoms with Crippen LogP contribution in [0, 0.1) is 6.92 Å². The first-order chi connectivity index (χ1) is 9.31. The van der Waals surface area contributed by atoms with Crippen LogP contribution in [0.5, 0.6) is 5.75 Å². The molecule has 5 heteroatoms. The van der Waals surface area contributed by atoms with Gasteiger partial charge in [-0.3, -0.25) is 0 Å². The summed E-state index contributed by atoms with van der Waals surface area (Å²) in [5.41, 5.74) is 1.16. The van der Waals surface area contributed by atoms with Crippen molar-refractivity contribution in [2.45, 2.75) is 25.9 Å². The van der Waals surface area contributed by atoms with E-state index < -0.39 is 0 Å². The van der Waals surface area contributed by atoms with Crippen molar-refractivity contribution in [3.8, 4) is 5.75 Å². The Hall–Kier alpha value is -1.88. The van der Waals surface area contributed by atoms with Crippen molar-refractivity contribution in [3.63, 3.8) is 0 Å². The topological polar surface area (TPSA) is 57.4 Å². The van der Waals surface area contributed by atoms with Crippen LogP contribution in [0.2, 0.25) is 0 Å². The molecule has 1 aromatic carbocycles. The molecular formula is C14H16N2O3. The Kier molecular flexibility index (Phi) is 3.46. The molecule has 0 bridgehead atoms. The third kappa shape index (κ3) is 2.93. The zero-order valence-corrected chi connectivity index (χ0v) is 10.8. The van der Waals surface area contributed by atoms with Gasteiger partial charge in [0.1, 0.15) is 5.75 Å². The van der Waals surface area contributed by atoms with Crippen molar-refractivity contribution in [2.24, 2.45) is 0 Å². The lowest BCUT2D eigenvalue weighted by molar-refractivity contribution is 0.192. The number of aryl methyl sites for hydroxylation is 1. The third-order valence-electron chi connectivity index (χ3n) is 3.13. The van der Waals surface area contributed by atoms with Gasteiger partial charge in [-0.05, 0) is 31.0 Å². The number of hydrogen-bond acceptors (Lipinski definition) is 5. The maximum absolute atomic E-state index is 5.62. The molecule has 2 heterocycles. The van der Waals surface area contributed by atoms with Crippen molar-refractivity contribution in [1.29, 1.82) is 0 Å². The van der Waals surface area contributed by atoms with Gasteiger partial charge in [-0.25, -0.2) is 0 Å². The molecule has 0 aliphatic carbocycles. The van der Waals surface area contributed by atoms with Crippen LogP contribution >= 0.6 is 0 Å². The van der Waals surface area contributed by atoms with Gasteiger partial charge in [0, 0.05) is 12.5 Å². The zero-order chi connectivity index (χ0) is 13.1. The normalized spacial score (nSPS) is 18.7. The molecule has 5 nitrogen and oxygen atoms in total. The second kappa shape index (κ2) is 5.40. The standard InChI is InChI=1S/C14H16N2O3/c1-10-3-2-4-12(7-10)18-9-13-15-14(16-19-13)11-5-6-17-8-11/h2-4,7,11H,5-6,8-9H2,1H3/t11-/m1/s1. The van der Waals surface area contributed by atoms with E-state index in [2.05, 4.69) is 10.1 Å². The van der Waals surface area contributed by atoms with Gasteiger partial charge in [0.05, 0.1) is 6.61 Å². The van der Waals surface area contributed by atoms with E-state index in [1.165, 1.54) is 0 Å². The second-order valence-electron chi connectivity index (χ2n) is 4.71. The molecule has 1 aliphatic rings. The van der Waals surface area contributed by atoms with Crippen LogP contribution in [-0.2, 0) is 11.3 Å². The Morgan fingerprint density at radius 2 is 2.37 bits per heavy atom. The predicted octanol–water partition coefficient (Wildman–Crippen LogP) is 2.46. The highest BCUT2D eigenvalue weighted by atomic mass is 16.5. The van der Waals surface area contributed by atoms with Gasteiger partial charge in [0.25, 0.3) is 5.89 Å². The fourth-order valence-electron chi connectivity index (χ4n) is 2.08. The molecule has 0 saturated carbocycles. The average Bonchev–Trinajstić information content (AvgIpc) is 3.07. The first kappa shape index (κ1) is 12.2. The number of aromatic nitrogens is 2. The summed E-state index contributed by atoms with van der Waals surface area (Å²) in [4.78, 5) is 4.35. The van der Waals surface area contributed by atoms with Crippen LogP contribution in [0.15, 0.2) is 28.8 Å². The fraction of sp³-hybridized carbons (Fsp3) is 0.429. The maximum atomic E-state index is 5.62. The van der Waals surface area contributed by atoms with Gasteiger partial charge in [0.2, 0.25) is 0 Å². The number of rotatable bonds is 4. The van der Waals surface area contributed by atoms with E-state index in [-0.39, 0.29) is 5.92 Å². The molecule has 0 spiro atoms. The molecule has 19 heavy (non-hydrogen) atoms. The predicted molar refractivity (Wildman–Crippen MR) is 68.0 cm³/mol. The Labute approximate surface area is 111 Å². The van der Waals surface area contributed by atoms with Gasteiger partial charge in [0.15, 0.2) is 12.4 Å². The number of benzene rings is 1. The van der Waals surface area contributed by atoms with Crippen LogP contribution in [-0.4, -0.2) is 23.4 Å². The molecule has 1 fully saturated rings. The zero-order valence-electron chi connectivity index (χ0n) is 10.8. The third-order valence-corrected chi connectivity index (χ3v) is 3.13. The minimum Gasteiger partial charge on any atom is -0.484 e. The van der Waals surface area contributed by atoms with Gasteiger partial charge < -0.3 is 14.0 Å². The van der Waals surface area contributed by atoms with E-state index in [4.69, 9.17) is 14.0 Å². The summed E-state index contributed by atoms with van der Waals surface area (Å²) in [7, 11) is 0. The SMILES string of the molecule is Cc1cccc(OCc2nc([C@@H]3CCOC3)no2)c1. The molecule has 0 amide bonds. The second-order valence-corrected chi connectivity index (χ2v) is 4.71. The van der Waals surface area contributed by atoms with Crippen LogP contribution in [0.25, 0.3) is 0 Å². The van der Waals surface area contributed by atoms with Crippen LogP contribution in [0.1, 0.15) is 29.6 Å². The summed E-state index contributed by atoms with van der Waals surface area (Å²) in [6.45, 7) is 3.77. The van der Waals surface area contributed by atoms with Crippen molar-refractivity contribution >= 4 is 0 Å². The van der Waals surface area contributed by atoms with E-state index in [0.29, 0.717) is 19.1 Å². The molecule has 3 rings (SSSR count). The van der Waals surface area contributed by atoms with Gasteiger partial charge in [-0.1, -0.05) is 17.3 Å². The van der Waals surface area contributed by atoms with Crippen LogP contribution in [0.4, 0.5) is 0 Å². The van der Waals surface area contributed by atoms with E-state index in [0.717, 1.165) is 30.2 Å². The molecule has 1 atom stereocenters. The van der Waals surface area contributed by atoms with Gasteiger partial charge in [-0.15, -0.1) is 0 Å². The first-order valence-corrected chi connectivity index (χ1v) is 6.41. The fourth-order valence-corrected chi connectivity index (χ4v) is 2.08. The molecule has 0 unspecified atom stereocenters. The average molecular weight is 260 g/mol. The Morgan fingerprint density at radius 1 is 1.42 bits per heavy atom. The van der Waals surface area contributed by atoms with Gasteiger partial charge in [-0.2, -0.15) is 4.98 Å². The Balaban J connectivity index is 1.61. The lowest BCUT2D eigenvalue weighted by Crippen LogP contribution is -2.01. The monoisotopic (exact) mass is 260 g/mol. The maximum Gasteiger partial charge on any atom is 0.264 e. The molecule has 2 aromatic rings. The lowest BCUT2D eigenvalue weighted by Gasteiger charge is -2.03. The van der Waals surface area contributed by atoms with Crippen molar-refractivity contribution in [1.82, 2.24) is 10.1 Å². The number of hydrogen-bond donors (Lipinski definition) is 0. The van der Waals surface area contributed by atoms with Crippen molar-refractivity contribution < 1.29 is 14.0 Å². The number of nitrogens with zero attached hydrogens (tertiary/aromatic N) is 2. The molecule has 0 radical (unpaired) electrons. The smallest absolute Gasteiger partial charge is 0.264 e. The van der Waals surface area contributed by atoms with Gasteiger partial charge >= 0.3 is 0 Å². The summed E-state index contributed by atoms with van der Waals surface area (Å²) in [5.74, 6) is 2.30. The van der Waals surface area contributed by atoms with Crippen LogP contribution in [0.3, 0.4) is 0 Å². The highest BCUT2D eigenvalue weighted by Gasteiger charge is 2.23. The highest BCUT2D eigenvalue weighted by molar-refractivity contribution is 5.27. The molecule has 1 aromatic heterocycles. The summed E-state index contributed by atoms with van der Waals surface area (Å²) in [5, 5.41) is 3.98. The van der Waals surface area contributed by atoms with E-state index in [1.807, 2.05) is 31.2 Å². The first-order valence-electron chi connectivity index (χ1n) is 6.41. The Bertz CT molecular complexity index is 547. The summed E-state index contributed by atoms with van der Waals surface area (Å²) in [6, 6.07) is 7.87. The van der Waals surface area contributed by atoms with Crippen LogP contribution < -0.4 is 4.74 Å². The number of ether oxygens (including phenoxy) is 2. The minimum absolute atomic E-state index is 0.261. The largest absolute Gasteiger partial charge is 0.484 e. The van der Waals surface area contributed by atoms with Crippen molar-refractivity contribution in [3.05, 3.63) is 41.5 Å². The summed E-state index contributed by atoms with van der Waals surface area (Å²) < 4.78 is 16.1. The Morgan fingerprint density at radius 3 is 3.16 bits per heavy atom. The molecule has 100 valence electrons. The van der Waals surface area contributed by atoms with E-state index in [1.54, 1.807) is 0 Å². The quantitative estimate of drug-likeness (QED) is 0.845. The van der Waals surface area contributed by atoms with Crippen molar-refractivity contribution in [2.75, 3.05) is 13.2 Å². The molecule has 1 saturated heterocycles. The summed E-state index contributed by atoms with van der Waals surface area (Å²) in [6.07, 6.45) is 0.956. The highest BCUT2D eigenvalue weighted by Crippen LogP contribution is 2.22. The molecule has 0 N–H and O–H groups in total. The minimum atomic E-state index is 0.261. The molecule has 1 aliphatic heterocycles. The van der Waals surface area contributed by atoms with E-state index in [9.17, 15) is 0 Å². The van der Waals surface area contributed by atoms with E-state index >= 15 is 0 Å². The lowest BCUT2D eigenvalue weighted by atomic mass is 10.1. The molecular weight excluding hydrogens is 244 g/mol.